The topological polar surface area (TPSA) is 71.1 Å². The molecule has 2 aromatic carbocycles. The molecule has 0 aromatic heterocycles. The second-order valence-electron chi connectivity index (χ2n) is 6.57. The Morgan fingerprint density at radius 1 is 0.552 bits per heavy atom. The molecule has 6 heteroatoms. The summed E-state index contributed by atoms with van der Waals surface area (Å²) in [5.74, 6) is 2.00. The van der Waals surface area contributed by atoms with E-state index in [9.17, 15) is 9.59 Å². The summed E-state index contributed by atoms with van der Waals surface area (Å²) in [4.78, 5) is 23.7. The fourth-order valence-corrected chi connectivity index (χ4v) is 2.72. The van der Waals surface area contributed by atoms with Gasteiger partial charge in [0.05, 0.1) is 14.2 Å². The SMILES string of the molecule is COc1ccc(OC(=O)CCCCCCCC(=O)Oc2ccc(OC)cc2)cc1. The minimum atomic E-state index is -0.238. The number of rotatable bonds is 12. The molecular weight excluding hydrogens is 372 g/mol. The Bertz CT molecular complexity index is 686. The van der Waals surface area contributed by atoms with Crippen molar-refractivity contribution in [2.45, 2.75) is 44.9 Å². The standard InChI is InChI=1S/C23H28O6/c1-26-18-10-14-20(15-11-18)28-22(24)8-6-4-3-5-7-9-23(25)29-21-16-12-19(27-2)13-17-21/h10-17H,3-9H2,1-2H3. The average molecular weight is 400 g/mol. The van der Waals surface area contributed by atoms with Crippen molar-refractivity contribution < 1.29 is 28.5 Å². The summed E-state index contributed by atoms with van der Waals surface area (Å²) in [5.41, 5.74) is 0. The van der Waals surface area contributed by atoms with E-state index in [1.807, 2.05) is 0 Å². The van der Waals surface area contributed by atoms with Gasteiger partial charge in [-0.1, -0.05) is 19.3 Å². The van der Waals surface area contributed by atoms with Crippen LogP contribution in [0, 0.1) is 0 Å². The first kappa shape index (κ1) is 22.3. The van der Waals surface area contributed by atoms with Gasteiger partial charge in [0.25, 0.3) is 0 Å². The van der Waals surface area contributed by atoms with Gasteiger partial charge in [-0.3, -0.25) is 9.59 Å². The molecule has 2 aromatic rings. The van der Waals surface area contributed by atoms with Gasteiger partial charge in [0, 0.05) is 12.8 Å². The Labute approximate surface area is 171 Å². The van der Waals surface area contributed by atoms with E-state index in [0.29, 0.717) is 24.3 Å². The van der Waals surface area contributed by atoms with Crippen molar-refractivity contribution in [1.82, 2.24) is 0 Å². The molecule has 0 saturated heterocycles. The Hall–Kier alpha value is -3.02. The van der Waals surface area contributed by atoms with E-state index in [2.05, 4.69) is 0 Å². The van der Waals surface area contributed by atoms with Gasteiger partial charge < -0.3 is 18.9 Å². The molecule has 0 aliphatic carbocycles. The second kappa shape index (κ2) is 12.4. The summed E-state index contributed by atoms with van der Waals surface area (Å²) in [7, 11) is 3.18. The lowest BCUT2D eigenvalue weighted by Gasteiger charge is -2.06. The van der Waals surface area contributed by atoms with Gasteiger partial charge in [-0.25, -0.2) is 0 Å². The van der Waals surface area contributed by atoms with Crippen LogP contribution in [0.2, 0.25) is 0 Å². The molecular formula is C23H28O6. The molecule has 0 fully saturated rings. The highest BCUT2D eigenvalue weighted by Gasteiger charge is 2.07. The van der Waals surface area contributed by atoms with Crippen LogP contribution in [-0.4, -0.2) is 26.2 Å². The van der Waals surface area contributed by atoms with Crippen LogP contribution in [-0.2, 0) is 9.59 Å². The number of ether oxygens (including phenoxy) is 4. The van der Waals surface area contributed by atoms with Crippen molar-refractivity contribution in [2.75, 3.05) is 14.2 Å². The summed E-state index contributed by atoms with van der Waals surface area (Å²) < 4.78 is 20.7. The summed E-state index contributed by atoms with van der Waals surface area (Å²) in [6.07, 6.45) is 5.11. The van der Waals surface area contributed by atoms with Crippen LogP contribution in [0.5, 0.6) is 23.0 Å². The number of hydrogen-bond acceptors (Lipinski definition) is 6. The Kier molecular flexibility index (Phi) is 9.55. The largest absolute Gasteiger partial charge is 0.497 e. The maximum atomic E-state index is 11.8. The van der Waals surface area contributed by atoms with E-state index in [1.54, 1.807) is 62.8 Å². The van der Waals surface area contributed by atoms with Gasteiger partial charge in [-0.05, 0) is 61.4 Å². The molecule has 0 bridgehead atoms. The molecule has 0 heterocycles. The first-order chi connectivity index (χ1) is 14.1. The van der Waals surface area contributed by atoms with Gasteiger partial charge in [0.1, 0.15) is 23.0 Å². The van der Waals surface area contributed by atoms with Crippen LogP contribution in [0.15, 0.2) is 48.5 Å². The zero-order valence-electron chi connectivity index (χ0n) is 17.0. The molecule has 29 heavy (non-hydrogen) atoms. The Morgan fingerprint density at radius 3 is 1.21 bits per heavy atom. The number of carbonyl (C=O) groups excluding carboxylic acids is 2. The molecule has 0 saturated carbocycles. The van der Waals surface area contributed by atoms with Crippen LogP contribution in [0.25, 0.3) is 0 Å². The van der Waals surface area contributed by atoms with E-state index < -0.39 is 0 Å². The van der Waals surface area contributed by atoms with Gasteiger partial charge in [0.15, 0.2) is 0 Å². The monoisotopic (exact) mass is 400 g/mol. The molecule has 156 valence electrons. The number of carbonyl (C=O) groups is 2. The summed E-state index contributed by atoms with van der Waals surface area (Å²) >= 11 is 0. The minimum absolute atomic E-state index is 0.238. The third kappa shape index (κ3) is 8.68. The van der Waals surface area contributed by atoms with Crippen LogP contribution in [0.1, 0.15) is 44.9 Å². The highest BCUT2D eigenvalue weighted by atomic mass is 16.5. The molecule has 0 amide bonds. The molecule has 2 rings (SSSR count). The lowest BCUT2D eigenvalue weighted by atomic mass is 10.1. The first-order valence-electron chi connectivity index (χ1n) is 9.80. The average Bonchev–Trinajstić information content (AvgIpc) is 2.74. The van der Waals surface area contributed by atoms with E-state index in [4.69, 9.17) is 18.9 Å². The number of esters is 2. The number of methoxy groups -OCH3 is 2. The molecule has 0 aliphatic rings. The van der Waals surface area contributed by atoms with E-state index in [-0.39, 0.29) is 11.9 Å². The summed E-state index contributed by atoms with van der Waals surface area (Å²) in [6.45, 7) is 0. The molecule has 0 atom stereocenters. The second-order valence-corrected chi connectivity index (χ2v) is 6.57. The number of benzene rings is 2. The summed E-state index contributed by atoms with van der Waals surface area (Å²) in [6, 6.07) is 13.8. The van der Waals surface area contributed by atoms with Crippen molar-refractivity contribution in [3.05, 3.63) is 48.5 Å². The van der Waals surface area contributed by atoms with Crippen LogP contribution in [0.4, 0.5) is 0 Å². The molecule has 0 radical (unpaired) electrons. The van der Waals surface area contributed by atoms with Crippen molar-refractivity contribution in [3.63, 3.8) is 0 Å². The smallest absolute Gasteiger partial charge is 0.311 e. The van der Waals surface area contributed by atoms with E-state index in [0.717, 1.165) is 43.6 Å². The van der Waals surface area contributed by atoms with Crippen molar-refractivity contribution in [1.29, 1.82) is 0 Å². The zero-order chi connectivity index (χ0) is 20.9. The number of unbranched alkanes of at least 4 members (excludes halogenated alkanes) is 4. The highest BCUT2D eigenvalue weighted by Crippen LogP contribution is 2.19. The van der Waals surface area contributed by atoms with Gasteiger partial charge in [-0.15, -0.1) is 0 Å². The maximum absolute atomic E-state index is 11.8. The van der Waals surface area contributed by atoms with Gasteiger partial charge >= 0.3 is 11.9 Å². The van der Waals surface area contributed by atoms with Crippen molar-refractivity contribution in [2.24, 2.45) is 0 Å². The summed E-state index contributed by atoms with van der Waals surface area (Å²) in [5, 5.41) is 0. The van der Waals surface area contributed by atoms with E-state index >= 15 is 0 Å². The fraction of sp³-hybridized carbons (Fsp3) is 0.391. The normalized spacial score (nSPS) is 10.3. The maximum Gasteiger partial charge on any atom is 0.311 e. The quantitative estimate of drug-likeness (QED) is 0.285. The predicted molar refractivity (Wildman–Crippen MR) is 110 cm³/mol. The van der Waals surface area contributed by atoms with Gasteiger partial charge in [-0.2, -0.15) is 0 Å². The van der Waals surface area contributed by atoms with Crippen LogP contribution >= 0.6 is 0 Å². The highest BCUT2D eigenvalue weighted by molar-refractivity contribution is 5.72. The third-order valence-electron chi connectivity index (χ3n) is 4.34. The molecule has 0 aliphatic heterocycles. The van der Waals surface area contributed by atoms with Crippen molar-refractivity contribution in [3.8, 4) is 23.0 Å². The third-order valence-corrected chi connectivity index (χ3v) is 4.34. The van der Waals surface area contributed by atoms with Crippen LogP contribution in [0.3, 0.4) is 0 Å². The Balaban J connectivity index is 1.50. The molecule has 0 spiro atoms. The predicted octanol–water partition coefficient (Wildman–Crippen LogP) is 4.95. The minimum Gasteiger partial charge on any atom is -0.497 e. The lowest BCUT2D eigenvalue weighted by molar-refractivity contribution is -0.135. The van der Waals surface area contributed by atoms with Crippen molar-refractivity contribution >= 4 is 11.9 Å². The first-order valence-corrected chi connectivity index (χ1v) is 9.80. The number of hydrogen-bond donors (Lipinski definition) is 0. The van der Waals surface area contributed by atoms with Crippen LogP contribution < -0.4 is 18.9 Å². The molecule has 0 N–H and O–H groups in total. The molecule has 6 nitrogen and oxygen atoms in total. The zero-order valence-corrected chi connectivity index (χ0v) is 17.0. The Morgan fingerprint density at radius 2 is 0.862 bits per heavy atom. The molecule has 0 unspecified atom stereocenters. The van der Waals surface area contributed by atoms with E-state index in [1.165, 1.54) is 0 Å². The van der Waals surface area contributed by atoms with Gasteiger partial charge in [0.2, 0.25) is 0 Å². The lowest BCUT2D eigenvalue weighted by Crippen LogP contribution is -2.08. The fourth-order valence-electron chi connectivity index (χ4n) is 2.72.